The first-order valence-corrected chi connectivity index (χ1v) is 7.69. The van der Waals surface area contributed by atoms with Gasteiger partial charge in [-0.1, -0.05) is 0 Å². The Morgan fingerprint density at radius 3 is 2.71 bits per heavy atom. The molecule has 0 aromatic carbocycles. The molecule has 2 aromatic heterocycles. The zero-order valence-electron chi connectivity index (χ0n) is 13.5. The number of nitrogens with zero attached hydrogens (tertiary/aromatic N) is 6. The molecule has 2 aromatic rings. The quantitative estimate of drug-likeness (QED) is 0.855. The van der Waals surface area contributed by atoms with E-state index in [0.717, 1.165) is 30.9 Å². The van der Waals surface area contributed by atoms with Crippen molar-refractivity contribution >= 4 is 5.95 Å². The fourth-order valence-corrected chi connectivity index (χ4v) is 2.86. The summed E-state index contributed by atoms with van der Waals surface area (Å²) in [6.07, 6.45) is 0.507. The molecule has 3 heterocycles. The van der Waals surface area contributed by atoms with E-state index in [-0.39, 0.29) is 12.0 Å². The van der Waals surface area contributed by atoms with Gasteiger partial charge in [0.2, 0.25) is 5.95 Å². The summed E-state index contributed by atoms with van der Waals surface area (Å²) < 4.78 is 40.1. The zero-order chi connectivity index (χ0) is 17.3. The van der Waals surface area contributed by atoms with E-state index in [9.17, 15) is 13.2 Å². The molecule has 0 saturated carbocycles. The Hall–Kier alpha value is -2.16. The lowest BCUT2D eigenvalue weighted by Gasteiger charge is -2.39. The molecule has 6 nitrogen and oxygen atoms in total. The van der Waals surface area contributed by atoms with Crippen LogP contribution in [-0.4, -0.2) is 50.3 Å². The molecule has 1 aliphatic rings. The average Bonchev–Trinajstić information content (AvgIpc) is 2.94. The van der Waals surface area contributed by atoms with E-state index >= 15 is 0 Å². The first-order valence-electron chi connectivity index (χ1n) is 7.69. The molecule has 9 heteroatoms. The molecule has 1 aliphatic heterocycles. The third-order valence-electron chi connectivity index (χ3n) is 4.13. The number of anilines is 1. The van der Waals surface area contributed by atoms with Crippen molar-refractivity contribution in [1.82, 2.24) is 24.6 Å². The van der Waals surface area contributed by atoms with E-state index in [1.54, 1.807) is 9.58 Å². The van der Waals surface area contributed by atoms with Gasteiger partial charge in [-0.25, -0.2) is 9.97 Å². The lowest BCUT2D eigenvalue weighted by molar-refractivity contribution is -0.141. The first-order chi connectivity index (χ1) is 11.3. The van der Waals surface area contributed by atoms with Crippen LogP contribution in [0.25, 0.3) is 0 Å². The van der Waals surface area contributed by atoms with Crippen LogP contribution in [0.3, 0.4) is 0 Å². The molecular weight excluding hydrogens is 321 g/mol. The predicted octanol–water partition coefficient (Wildman–Crippen LogP) is 1.94. The van der Waals surface area contributed by atoms with E-state index in [4.69, 9.17) is 0 Å². The maximum absolute atomic E-state index is 12.8. The fraction of sp³-hybridized carbons (Fsp3) is 0.533. The van der Waals surface area contributed by atoms with Crippen LogP contribution < -0.4 is 4.90 Å². The van der Waals surface area contributed by atoms with Gasteiger partial charge >= 0.3 is 6.18 Å². The highest BCUT2D eigenvalue weighted by molar-refractivity contribution is 5.32. The number of aryl methyl sites for hydroxylation is 1. The van der Waals surface area contributed by atoms with E-state index in [0.29, 0.717) is 13.1 Å². The molecule has 0 spiro atoms. The number of piperazine rings is 1. The van der Waals surface area contributed by atoms with Crippen molar-refractivity contribution in [1.29, 1.82) is 0 Å². The van der Waals surface area contributed by atoms with Crippen molar-refractivity contribution in [3.8, 4) is 0 Å². The van der Waals surface area contributed by atoms with Gasteiger partial charge in [0.25, 0.3) is 0 Å². The molecule has 1 unspecified atom stereocenters. The van der Waals surface area contributed by atoms with Gasteiger partial charge in [-0.15, -0.1) is 0 Å². The monoisotopic (exact) mass is 340 g/mol. The van der Waals surface area contributed by atoms with Crippen molar-refractivity contribution in [2.45, 2.75) is 25.7 Å². The second-order valence-corrected chi connectivity index (χ2v) is 6.03. The minimum Gasteiger partial charge on any atom is -0.338 e. The third-order valence-corrected chi connectivity index (χ3v) is 4.13. The molecule has 0 aliphatic carbocycles. The molecule has 1 fully saturated rings. The highest BCUT2D eigenvalue weighted by Gasteiger charge is 2.34. The van der Waals surface area contributed by atoms with Gasteiger partial charge in [0.05, 0.1) is 6.20 Å². The second kappa shape index (κ2) is 6.39. The third kappa shape index (κ3) is 3.66. The number of halogens is 3. The van der Waals surface area contributed by atoms with E-state index < -0.39 is 11.9 Å². The summed E-state index contributed by atoms with van der Waals surface area (Å²) in [7, 11) is 1.87. The Bertz CT molecular complexity index is 699. The highest BCUT2D eigenvalue weighted by atomic mass is 19.4. The summed E-state index contributed by atoms with van der Waals surface area (Å²) in [6, 6.07) is 1.07. The summed E-state index contributed by atoms with van der Waals surface area (Å²) >= 11 is 0. The Labute approximate surface area is 137 Å². The molecular formula is C15H19F3N6. The van der Waals surface area contributed by atoms with E-state index in [1.807, 2.05) is 19.4 Å². The van der Waals surface area contributed by atoms with Crippen molar-refractivity contribution in [2.24, 2.45) is 7.05 Å². The van der Waals surface area contributed by atoms with Crippen LogP contribution in [0.4, 0.5) is 19.1 Å². The number of aromatic nitrogens is 4. The Morgan fingerprint density at radius 1 is 1.29 bits per heavy atom. The topological polar surface area (TPSA) is 50.1 Å². The van der Waals surface area contributed by atoms with Crippen LogP contribution in [-0.2, 0) is 19.8 Å². The lowest BCUT2D eigenvalue weighted by atomic mass is 10.1. The molecule has 0 radical (unpaired) electrons. The summed E-state index contributed by atoms with van der Waals surface area (Å²) in [4.78, 5) is 11.8. The van der Waals surface area contributed by atoms with Crippen LogP contribution in [0.2, 0.25) is 0 Å². The fourth-order valence-electron chi connectivity index (χ4n) is 2.86. The van der Waals surface area contributed by atoms with Crippen LogP contribution in [0.5, 0.6) is 0 Å². The molecule has 0 bridgehead atoms. The van der Waals surface area contributed by atoms with Crippen LogP contribution in [0.15, 0.2) is 24.7 Å². The second-order valence-electron chi connectivity index (χ2n) is 6.03. The standard InChI is InChI=1S/C15H19F3N6/c1-11-8-24(14-19-4-3-13(21-14)15(16,17)18)6-5-23(11)10-12-7-20-22(2)9-12/h3-4,7,9,11H,5-6,8,10H2,1-2H3. The Balaban J connectivity index is 1.67. The molecule has 3 rings (SSSR count). The minimum atomic E-state index is -4.45. The largest absolute Gasteiger partial charge is 0.433 e. The smallest absolute Gasteiger partial charge is 0.338 e. The first kappa shape index (κ1) is 16.7. The molecule has 1 atom stereocenters. The van der Waals surface area contributed by atoms with Gasteiger partial charge in [-0.05, 0) is 13.0 Å². The van der Waals surface area contributed by atoms with Crippen molar-refractivity contribution < 1.29 is 13.2 Å². The number of alkyl halides is 3. The van der Waals surface area contributed by atoms with Crippen LogP contribution in [0.1, 0.15) is 18.2 Å². The lowest BCUT2D eigenvalue weighted by Crippen LogP contribution is -2.52. The number of hydrogen-bond acceptors (Lipinski definition) is 5. The molecule has 1 saturated heterocycles. The summed E-state index contributed by atoms with van der Waals surface area (Å²) in [5.41, 5.74) is 0.214. The maximum Gasteiger partial charge on any atom is 0.433 e. The van der Waals surface area contributed by atoms with Crippen LogP contribution >= 0.6 is 0 Å². The minimum absolute atomic E-state index is 0.137. The van der Waals surface area contributed by atoms with E-state index in [1.165, 1.54) is 0 Å². The van der Waals surface area contributed by atoms with Crippen molar-refractivity contribution in [3.63, 3.8) is 0 Å². The summed E-state index contributed by atoms with van der Waals surface area (Å²) in [5, 5.41) is 4.16. The molecule has 0 N–H and O–H groups in total. The van der Waals surface area contributed by atoms with Crippen LogP contribution in [0, 0.1) is 0 Å². The molecule has 0 amide bonds. The zero-order valence-corrected chi connectivity index (χ0v) is 13.5. The predicted molar refractivity (Wildman–Crippen MR) is 82.3 cm³/mol. The molecule has 130 valence electrons. The van der Waals surface area contributed by atoms with Gasteiger partial charge < -0.3 is 4.90 Å². The SMILES string of the molecule is CC1CN(c2nccc(C(F)(F)F)n2)CCN1Cc1cnn(C)c1. The summed E-state index contributed by atoms with van der Waals surface area (Å²) in [5.74, 6) is 0.137. The summed E-state index contributed by atoms with van der Waals surface area (Å²) in [6.45, 7) is 4.73. The number of hydrogen-bond donors (Lipinski definition) is 0. The van der Waals surface area contributed by atoms with Gasteiger partial charge in [0, 0.05) is 57.2 Å². The highest BCUT2D eigenvalue weighted by Crippen LogP contribution is 2.28. The average molecular weight is 340 g/mol. The molecule has 24 heavy (non-hydrogen) atoms. The van der Waals surface area contributed by atoms with Crippen molar-refractivity contribution in [2.75, 3.05) is 24.5 Å². The normalized spacial score (nSPS) is 19.7. The Kier molecular flexibility index (Phi) is 4.44. The maximum atomic E-state index is 12.8. The van der Waals surface area contributed by atoms with Gasteiger partial charge in [-0.3, -0.25) is 9.58 Å². The van der Waals surface area contributed by atoms with Gasteiger partial charge in [0.1, 0.15) is 5.69 Å². The van der Waals surface area contributed by atoms with Crippen molar-refractivity contribution in [3.05, 3.63) is 35.9 Å². The van der Waals surface area contributed by atoms with Gasteiger partial charge in [-0.2, -0.15) is 18.3 Å². The Morgan fingerprint density at radius 2 is 2.08 bits per heavy atom. The number of rotatable bonds is 3. The van der Waals surface area contributed by atoms with E-state index in [2.05, 4.69) is 26.9 Å². The van der Waals surface area contributed by atoms with Gasteiger partial charge in [0.15, 0.2) is 0 Å².